The predicted molar refractivity (Wildman–Crippen MR) is 76.9 cm³/mol. The highest BCUT2D eigenvalue weighted by molar-refractivity contribution is 7.09. The molecule has 0 fully saturated rings. The quantitative estimate of drug-likeness (QED) is 0.597. The molecule has 0 spiro atoms. The van der Waals surface area contributed by atoms with Crippen LogP contribution in [0.4, 0.5) is 10.1 Å². The number of rotatable bonds is 4. The number of carbonyl (C=O) groups is 1. The number of nitrogens with two attached hydrogens (primary N) is 1. The fourth-order valence-corrected chi connectivity index (χ4v) is 2.57. The lowest BCUT2D eigenvalue weighted by molar-refractivity contribution is 0.0940. The maximum atomic E-state index is 13.5. The molecule has 0 saturated carbocycles. The number of nitrogens with one attached hydrogen (secondary N) is 2. The van der Waals surface area contributed by atoms with Crippen LogP contribution in [-0.4, -0.2) is 10.9 Å². The third kappa shape index (κ3) is 2.94. The highest BCUT2D eigenvalue weighted by Gasteiger charge is 2.18. The van der Waals surface area contributed by atoms with Crippen molar-refractivity contribution in [2.75, 3.05) is 5.43 Å². The number of anilines is 1. The van der Waals surface area contributed by atoms with Gasteiger partial charge in [0.05, 0.1) is 17.3 Å². The number of hydrogen-bond acceptors (Lipinski definition) is 5. The number of nitrogens with zero attached hydrogens (tertiary/aromatic N) is 1. The van der Waals surface area contributed by atoms with E-state index in [1.54, 1.807) is 0 Å². The molecule has 2 rings (SSSR count). The number of halogens is 1. The van der Waals surface area contributed by atoms with Crippen molar-refractivity contribution in [2.24, 2.45) is 5.84 Å². The minimum absolute atomic E-state index is 0.0208. The van der Waals surface area contributed by atoms with Gasteiger partial charge in [-0.1, -0.05) is 6.07 Å². The molecule has 0 bridgehead atoms. The first-order chi connectivity index (χ1) is 9.52. The van der Waals surface area contributed by atoms with E-state index in [1.165, 1.54) is 29.5 Å². The van der Waals surface area contributed by atoms with Gasteiger partial charge in [0.15, 0.2) is 0 Å². The minimum Gasteiger partial charge on any atom is -0.343 e. The number of para-hydroxylation sites is 1. The fourth-order valence-electron chi connectivity index (χ4n) is 1.77. The Bertz CT molecular complexity index is 629. The molecule has 1 unspecified atom stereocenters. The van der Waals surface area contributed by atoms with Gasteiger partial charge < -0.3 is 10.7 Å². The van der Waals surface area contributed by atoms with Crippen molar-refractivity contribution in [1.29, 1.82) is 0 Å². The van der Waals surface area contributed by atoms with Gasteiger partial charge in [-0.3, -0.25) is 10.6 Å². The maximum Gasteiger partial charge on any atom is 0.254 e. The third-order valence-corrected chi connectivity index (χ3v) is 3.90. The van der Waals surface area contributed by atoms with Gasteiger partial charge in [0.2, 0.25) is 0 Å². The number of nitrogen functional groups attached to an aromatic ring is 1. The number of hydrazine groups is 1. The van der Waals surface area contributed by atoms with E-state index in [0.717, 1.165) is 10.7 Å². The highest BCUT2D eigenvalue weighted by atomic mass is 32.1. The Morgan fingerprint density at radius 2 is 2.25 bits per heavy atom. The van der Waals surface area contributed by atoms with E-state index >= 15 is 0 Å². The summed E-state index contributed by atoms with van der Waals surface area (Å²) in [4.78, 5) is 16.5. The molecule has 0 aliphatic carbocycles. The molecule has 4 N–H and O–H groups in total. The average Bonchev–Trinajstić information content (AvgIpc) is 2.85. The van der Waals surface area contributed by atoms with E-state index in [4.69, 9.17) is 5.84 Å². The number of aromatic nitrogens is 1. The van der Waals surface area contributed by atoms with Crippen LogP contribution in [0.15, 0.2) is 23.6 Å². The van der Waals surface area contributed by atoms with Crippen LogP contribution in [0.3, 0.4) is 0 Å². The summed E-state index contributed by atoms with van der Waals surface area (Å²) < 4.78 is 13.5. The summed E-state index contributed by atoms with van der Waals surface area (Å²) >= 11 is 1.47. The Morgan fingerprint density at radius 1 is 1.50 bits per heavy atom. The van der Waals surface area contributed by atoms with Crippen molar-refractivity contribution in [2.45, 2.75) is 19.9 Å². The molecule has 1 aromatic carbocycles. The minimum atomic E-state index is -0.571. The van der Waals surface area contributed by atoms with Crippen LogP contribution in [-0.2, 0) is 0 Å². The Kier molecular flexibility index (Phi) is 4.31. The van der Waals surface area contributed by atoms with Crippen molar-refractivity contribution >= 4 is 22.9 Å². The smallest absolute Gasteiger partial charge is 0.254 e. The van der Waals surface area contributed by atoms with Gasteiger partial charge in [-0.25, -0.2) is 9.37 Å². The molecule has 7 heteroatoms. The third-order valence-electron chi connectivity index (χ3n) is 2.76. The molecular weight excluding hydrogens is 279 g/mol. The van der Waals surface area contributed by atoms with Gasteiger partial charge in [0.25, 0.3) is 5.91 Å². The summed E-state index contributed by atoms with van der Waals surface area (Å²) in [5, 5.41) is 5.48. The Balaban J connectivity index is 2.18. The van der Waals surface area contributed by atoms with E-state index in [0.29, 0.717) is 0 Å². The number of hydrogen-bond donors (Lipinski definition) is 3. The fraction of sp³-hybridized carbons (Fsp3) is 0.231. The van der Waals surface area contributed by atoms with Gasteiger partial charge in [-0.15, -0.1) is 11.3 Å². The zero-order valence-corrected chi connectivity index (χ0v) is 11.9. The van der Waals surface area contributed by atoms with E-state index in [9.17, 15) is 9.18 Å². The van der Waals surface area contributed by atoms with Gasteiger partial charge in [0.1, 0.15) is 10.8 Å². The van der Waals surface area contributed by atoms with Crippen LogP contribution in [0.5, 0.6) is 0 Å². The average molecular weight is 294 g/mol. The summed E-state index contributed by atoms with van der Waals surface area (Å²) in [6.45, 7) is 3.71. The zero-order valence-electron chi connectivity index (χ0n) is 11.1. The van der Waals surface area contributed by atoms with Crippen LogP contribution < -0.4 is 16.6 Å². The van der Waals surface area contributed by atoms with Crippen LogP contribution in [0.1, 0.15) is 34.0 Å². The number of amides is 1. The SMILES string of the molecule is Cc1csc(C(C)NC(=O)c2cccc(F)c2NN)n1. The molecule has 2 aromatic rings. The lowest BCUT2D eigenvalue weighted by Gasteiger charge is -2.14. The molecule has 0 aliphatic rings. The van der Waals surface area contributed by atoms with Crippen LogP contribution in [0.25, 0.3) is 0 Å². The predicted octanol–water partition coefficient (Wildman–Crippen LogP) is 2.37. The summed E-state index contributed by atoms with van der Waals surface area (Å²) in [6.07, 6.45) is 0. The van der Waals surface area contributed by atoms with E-state index < -0.39 is 11.7 Å². The van der Waals surface area contributed by atoms with Crippen molar-refractivity contribution in [3.63, 3.8) is 0 Å². The lowest BCUT2D eigenvalue weighted by Crippen LogP contribution is -2.28. The molecule has 0 saturated heterocycles. The van der Waals surface area contributed by atoms with Gasteiger partial charge in [0, 0.05) is 11.1 Å². The molecule has 5 nitrogen and oxygen atoms in total. The molecule has 106 valence electrons. The van der Waals surface area contributed by atoms with Crippen LogP contribution >= 0.6 is 11.3 Å². The summed E-state index contributed by atoms with van der Waals surface area (Å²) in [5.41, 5.74) is 3.26. The number of benzene rings is 1. The van der Waals surface area contributed by atoms with Crippen molar-refractivity contribution in [3.05, 3.63) is 45.7 Å². The summed E-state index contributed by atoms with van der Waals surface area (Å²) in [5.74, 6) is 4.28. The van der Waals surface area contributed by atoms with Gasteiger partial charge >= 0.3 is 0 Å². The first-order valence-electron chi connectivity index (χ1n) is 6.01. The Morgan fingerprint density at radius 3 is 2.85 bits per heavy atom. The first kappa shape index (κ1) is 14.4. The standard InChI is InChI=1S/C13H15FN4OS/c1-7-6-20-13(16-7)8(2)17-12(19)9-4-3-5-10(14)11(9)18-15/h3-6,8,18H,15H2,1-2H3,(H,17,19). The molecule has 1 amide bonds. The number of aryl methyl sites for hydroxylation is 1. The molecule has 1 atom stereocenters. The second-order valence-electron chi connectivity index (χ2n) is 4.33. The van der Waals surface area contributed by atoms with Gasteiger partial charge in [-0.2, -0.15) is 0 Å². The van der Waals surface area contributed by atoms with Crippen molar-refractivity contribution in [3.8, 4) is 0 Å². The van der Waals surface area contributed by atoms with E-state index in [-0.39, 0.29) is 17.3 Å². The Labute approximate surface area is 120 Å². The van der Waals surface area contributed by atoms with Crippen LogP contribution in [0, 0.1) is 12.7 Å². The zero-order chi connectivity index (χ0) is 14.7. The van der Waals surface area contributed by atoms with Crippen molar-refractivity contribution in [1.82, 2.24) is 10.3 Å². The highest BCUT2D eigenvalue weighted by Crippen LogP contribution is 2.21. The largest absolute Gasteiger partial charge is 0.343 e. The molecule has 0 aliphatic heterocycles. The Hall–Kier alpha value is -1.99. The molecule has 1 aromatic heterocycles. The monoisotopic (exact) mass is 294 g/mol. The molecule has 1 heterocycles. The maximum absolute atomic E-state index is 13.5. The second kappa shape index (κ2) is 5.98. The van der Waals surface area contributed by atoms with Gasteiger partial charge in [-0.05, 0) is 26.0 Å². The molecular formula is C13H15FN4OS. The number of carbonyl (C=O) groups excluding carboxylic acids is 1. The number of thiazole rings is 1. The van der Waals surface area contributed by atoms with Crippen LogP contribution in [0.2, 0.25) is 0 Å². The van der Waals surface area contributed by atoms with E-state index in [2.05, 4.69) is 15.7 Å². The second-order valence-corrected chi connectivity index (χ2v) is 5.22. The first-order valence-corrected chi connectivity index (χ1v) is 6.89. The lowest BCUT2D eigenvalue weighted by atomic mass is 10.1. The summed E-state index contributed by atoms with van der Waals surface area (Å²) in [7, 11) is 0. The van der Waals surface area contributed by atoms with Crippen molar-refractivity contribution < 1.29 is 9.18 Å². The van der Waals surface area contributed by atoms with E-state index in [1.807, 2.05) is 19.2 Å². The summed E-state index contributed by atoms with van der Waals surface area (Å²) in [6, 6.07) is 3.95. The normalized spacial score (nSPS) is 12.0. The molecule has 20 heavy (non-hydrogen) atoms. The molecule has 0 radical (unpaired) electrons. The topological polar surface area (TPSA) is 80.0 Å².